The Labute approximate surface area is 108 Å². The lowest BCUT2D eigenvalue weighted by atomic mass is 10.0. The van der Waals surface area contributed by atoms with Crippen molar-refractivity contribution in [1.82, 2.24) is 4.90 Å². The lowest BCUT2D eigenvalue weighted by Crippen LogP contribution is -2.36. The summed E-state index contributed by atoms with van der Waals surface area (Å²) in [6.07, 6.45) is 2.22. The third-order valence-electron chi connectivity index (χ3n) is 3.43. The van der Waals surface area contributed by atoms with Gasteiger partial charge in [-0.05, 0) is 45.1 Å². The van der Waals surface area contributed by atoms with Gasteiger partial charge in [-0.25, -0.2) is 0 Å². The summed E-state index contributed by atoms with van der Waals surface area (Å²) in [6.45, 7) is 2.20. The number of hydrogen-bond acceptors (Lipinski definition) is 4. The molecule has 4 nitrogen and oxygen atoms in total. The minimum Gasteiger partial charge on any atom is -0.497 e. The molecule has 0 amide bonds. The first-order valence-corrected chi connectivity index (χ1v) is 6.26. The number of likely N-dealkylation sites (tertiary alicyclic amines) is 1. The second kappa shape index (κ2) is 5.74. The Hall–Kier alpha value is -1.73. The summed E-state index contributed by atoms with van der Waals surface area (Å²) < 4.78 is 5.20. The molecule has 1 aromatic carbocycles. The van der Waals surface area contributed by atoms with Crippen LogP contribution in [0.5, 0.6) is 5.75 Å². The molecule has 1 fully saturated rings. The zero-order valence-electron chi connectivity index (χ0n) is 10.9. The maximum Gasteiger partial charge on any atom is 0.121 e. The van der Waals surface area contributed by atoms with Crippen LogP contribution < -0.4 is 10.1 Å². The van der Waals surface area contributed by atoms with Gasteiger partial charge < -0.3 is 15.0 Å². The van der Waals surface area contributed by atoms with Crippen molar-refractivity contribution in [2.75, 3.05) is 32.6 Å². The molecule has 0 aliphatic carbocycles. The van der Waals surface area contributed by atoms with Crippen LogP contribution in [-0.4, -0.2) is 38.2 Å². The molecule has 1 aromatic rings. The molecule has 0 spiro atoms. The van der Waals surface area contributed by atoms with Gasteiger partial charge in [-0.1, -0.05) is 0 Å². The average Bonchev–Trinajstić information content (AvgIpc) is 2.41. The summed E-state index contributed by atoms with van der Waals surface area (Å²) in [4.78, 5) is 2.33. The number of nitriles is 1. The Bertz CT molecular complexity index is 445. The third-order valence-corrected chi connectivity index (χ3v) is 3.43. The van der Waals surface area contributed by atoms with E-state index < -0.39 is 0 Å². The van der Waals surface area contributed by atoms with Crippen molar-refractivity contribution in [3.05, 3.63) is 23.8 Å². The second-order valence-corrected chi connectivity index (χ2v) is 4.75. The first-order chi connectivity index (χ1) is 8.72. The van der Waals surface area contributed by atoms with E-state index in [0.717, 1.165) is 37.4 Å². The Kier molecular flexibility index (Phi) is 4.06. The number of ether oxygens (including phenoxy) is 1. The standard InChI is InChI=1S/C14H19N3O/c1-17-7-5-12(6-8-17)16-14-9-13(18-2)4-3-11(14)10-15/h3-4,9,12,16H,5-8H2,1-2H3. The van der Waals surface area contributed by atoms with E-state index >= 15 is 0 Å². The van der Waals surface area contributed by atoms with E-state index in [9.17, 15) is 0 Å². The molecule has 0 saturated carbocycles. The molecular formula is C14H19N3O. The van der Waals surface area contributed by atoms with Crippen LogP contribution in [0, 0.1) is 11.3 Å². The molecule has 0 atom stereocenters. The molecule has 1 N–H and O–H groups in total. The molecule has 1 aliphatic rings. The van der Waals surface area contributed by atoms with Crippen LogP contribution in [0.3, 0.4) is 0 Å². The smallest absolute Gasteiger partial charge is 0.121 e. The molecule has 0 radical (unpaired) electrons. The fraction of sp³-hybridized carbons (Fsp3) is 0.500. The first-order valence-electron chi connectivity index (χ1n) is 6.26. The highest BCUT2D eigenvalue weighted by atomic mass is 16.5. The normalized spacial score (nSPS) is 17.2. The quantitative estimate of drug-likeness (QED) is 0.885. The molecule has 2 rings (SSSR count). The number of nitrogens with zero attached hydrogens (tertiary/aromatic N) is 2. The van der Waals surface area contributed by atoms with Crippen molar-refractivity contribution in [2.24, 2.45) is 0 Å². The van der Waals surface area contributed by atoms with Crippen LogP contribution in [0.25, 0.3) is 0 Å². The Morgan fingerprint density at radius 3 is 2.72 bits per heavy atom. The largest absolute Gasteiger partial charge is 0.497 e. The van der Waals surface area contributed by atoms with E-state index in [4.69, 9.17) is 10.00 Å². The van der Waals surface area contributed by atoms with E-state index in [0.29, 0.717) is 11.6 Å². The summed E-state index contributed by atoms with van der Waals surface area (Å²) >= 11 is 0. The number of rotatable bonds is 3. The number of hydrogen-bond donors (Lipinski definition) is 1. The van der Waals surface area contributed by atoms with Crippen LogP contribution in [-0.2, 0) is 0 Å². The average molecular weight is 245 g/mol. The van der Waals surface area contributed by atoms with E-state index in [1.54, 1.807) is 13.2 Å². The molecule has 1 aliphatic heterocycles. The number of benzene rings is 1. The number of piperidine rings is 1. The van der Waals surface area contributed by atoms with Crippen molar-refractivity contribution < 1.29 is 4.74 Å². The second-order valence-electron chi connectivity index (χ2n) is 4.75. The summed E-state index contributed by atoms with van der Waals surface area (Å²) in [5, 5.41) is 12.6. The van der Waals surface area contributed by atoms with Crippen molar-refractivity contribution in [3.8, 4) is 11.8 Å². The van der Waals surface area contributed by atoms with Gasteiger partial charge >= 0.3 is 0 Å². The molecule has 96 valence electrons. The minimum absolute atomic E-state index is 0.445. The lowest BCUT2D eigenvalue weighted by molar-refractivity contribution is 0.264. The van der Waals surface area contributed by atoms with Gasteiger partial charge in [0.05, 0.1) is 18.4 Å². The molecule has 1 saturated heterocycles. The molecule has 0 aromatic heterocycles. The maximum atomic E-state index is 9.11. The zero-order valence-corrected chi connectivity index (χ0v) is 10.9. The van der Waals surface area contributed by atoms with E-state index in [1.807, 2.05) is 12.1 Å². The minimum atomic E-state index is 0.445. The number of anilines is 1. The van der Waals surface area contributed by atoms with Gasteiger partial charge in [0, 0.05) is 12.1 Å². The van der Waals surface area contributed by atoms with Gasteiger partial charge in [0.15, 0.2) is 0 Å². The summed E-state index contributed by atoms with van der Waals surface area (Å²) in [7, 11) is 3.78. The fourth-order valence-electron chi connectivity index (χ4n) is 2.24. The highest BCUT2D eigenvalue weighted by Gasteiger charge is 2.17. The maximum absolute atomic E-state index is 9.11. The summed E-state index contributed by atoms with van der Waals surface area (Å²) in [5.41, 5.74) is 1.56. The van der Waals surface area contributed by atoms with Gasteiger partial charge in [-0.15, -0.1) is 0 Å². The third kappa shape index (κ3) is 2.93. The van der Waals surface area contributed by atoms with E-state index in [2.05, 4.69) is 23.3 Å². The molecular weight excluding hydrogens is 226 g/mol. The Morgan fingerprint density at radius 2 is 2.11 bits per heavy atom. The summed E-state index contributed by atoms with van der Waals surface area (Å²) in [5.74, 6) is 0.782. The molecule has 4 heteroatoms. The Balaban J connectivity index is 2.10. The van der Waals surface area contributed by atoms with Gasteiger partial charge in [0.25, 0.3) is 0 Å². The molecule has 18 heavy (non-hydrogen) atoms. The van der Waals surface area contributed by atoms with Crippen LogP contribution in [0.1, 0.15) is 18.4 Å². The Morgan fingerprint density at radius 1 is 1.39 bits per heavy atom. The van der Waals surface area contributed by atoms with E-state index in [-0.39, 0.29) is 0 Å². The van der Waals surface area contributed by atoms with Crippen LogP contribution in [0.15, 0.2) is 18.2 Å². The highest BCUT2D eigenvalue weighted by Crippen LogP contribution is 2.24. The summed E-state index contributed by atoms with van der Waals surface area (Å²) in [6, 6.07) is 8.18. The van der Waals surface area contributed by atoms with Crippen molar-refractivity contribution >= 4 is 5.69 Å². The van der Waals surface area contributed by atoms with Gasteiger partial charge in [-0.3, -0.25) is 0 Å². The lowest BCUT2D eigenvalue weighted by Gasteiger charge is -2.30. The molecule has 1 heterocycles. The zero-order chi connectivity index (χ0) is 13.0. The topological polar surface area (TPSA) is 48.3 Å². The monoisotopic (exact) mass is 245 g/mol. The van der Waals surface area contributed by atoms with Crippen molar-refractivity contribution in [2.45, 2.75) is 18.9 Å². The predicted molar refractivity (Wildman–Crippen MR) is 71.9 cm³/mol. The van der Waals surface area contributed by atoms with Crippen LogP contribution >= 0.6 is 0 Å². The van der Waals surface area contributed by atoms with Gasteiger partial charge in [-0.2, -0.15) is 5.26 Å². The van der Waals surface area contributed by atoms with Crippen LogP contribution in [0.2, 0.25) is 0 Å². The fourth-order valence-corrected chi connectivity index (χ4v) is 2.24. The highest BCUT2D eigenvalue weighted by molar-refractivity contribution is 5.60. The van der Waals surface area contributed by atoms with Crippen molar-refractivity contribution in [1.29, 1.82) is 5.26 Å². The number of nitrogens with one attached hydrogen (secondary N) is 1. The van der Waals surface area contributed by atoms with E-state index in [1.165, 1.54) is 0 Å². The van der Waals surface area contributed by atoms with Gasteiger partial charge in [0.1, 0.15) is 11.8 Å². The van der Waals surface area contributed by atoms with Gasteiger partial charge in [0.2, 0.25) is 0 Å². The van der Waals surface area contributed by atoms with Crippen molar-refractivity contribution in [3.63, 3.8) is 0 Å². The predicted octanol–water partition coefficient (Wildman–Crippen LogP) is 2.07. The molecule has 0 bridgehead atoms. The molecule has 0 unspecified atom stereocenters. The number of methoxy groups -OCH3 is 1. The van der Waals surface area contributed by atoms with Crippen LogP contribution in [0.4, 0.5) is 5.69 Å². The SMILES string of the molecule is COc1ccc(C#N)c(NC2CCN(C)CC2)c1. The first kappa shape index (κ1) is 12.7.